The molecule has 4 aromatic carbocycles. The maximum Gasteiger partial charge on any atom is 0.264 e. The second-order valence-electron chi connectivity index (χ2n) is 11.5. The van der Waals surface area contributed by atoms with Gasteiger partial charge in [0.15, 0.2) is 0 Å². The number of aryl methyl sites for hydroxylation is 1. The van der Waals surface area contributed by atoms with Crippen LogP contribution in [0.2, 0.25) is 5.02 Å². The van der Waals surface area contributed by atoms with Gasteiger partial charge in [-0.3, -0.25) is 13.9 Å². The van der Waals surface area contributed by atoms with Crippen LogP contribution in [0.15, 0.2) is 108 Å². The highest BCUT2D eigenvalue weighted by molar-refractivity contribution is 7.92. The molecule has 0 spiro atoms. The molecule has 2 amide bonds. The van der Waals surface area contributed by atoms with Gasteiger partial charge < -0.3 is 15.0 Å². The van der Waals surface area contributed by atoms with Gasteiger partial charge in [-0.25, -0.2) is 8.42 Å². The van der Waals surface area contributed by atoms with Crippen LogP contribution in [0.4, 0.5) is 5.69 Å². The molecule has 242 valence electrons. The van der Waals surface area contributed by atoms with Gasteiger partial charge >= 0.3 is 0 Å². The van der Waals surface area contributed by atoms with Crippen LogP contribution in [0.5, 0.6) is 5.75 Å². The summed E-state index contributed by atoms with van der Waals surface area (Å²) in [7, 11) is -2.74. The first kappa shape index (κ1) is 34.5. The van der Waals surface area contributed by atoms with Gasteiger partial charge in [0.05, 0.1) is 17.7 Å². The predicted molar refractivity (Wildman–Crippen MR) is 182 cm³/mol. The first-order chi connectivity index (χ1) is 22.0. The molecule has 0 saturated carbocycles. The lowest BCUT2D eigenvalue weighted by Gasteiger charge is -2.34. The van der Waals surface area contributed by atoms with E-state index in [0.717, 1.165) is 15.4 Å². The molecule has 0 aromatic heterocycles. The third kappa shape index (κ3) is 8.89. The Labute approximate surface area is 277 Å². The second-order valence-corrected chi connectivity index (χ2v) is 13.8. The molecule has 0 radical (unpaired) electrons. The van der Waals surface area contributed by atoms with Gasteiger partial charge in [-0.05, 0) is 54.3 Å². The molecule has 0 bridgehead atoms. The fourth-order valence-corrected chi connectivity index (χ4v) is 6.52. The van der Waals surface area contributed by atoms with Crippen molar-refractivity contribution in [3.05, 3.63) is 125 Å². The summed E-state index contributed by atoms with van der Waals surface area (Å²) < 4.78 is 34.8. The monoisotopic (exact) mass is 661 g/mol. The fourth-order valence-electron chi connectivity index (χ4n) is 4.92. The highest BCUT2D eigenvalue weighted by atomic mass is 35.5. The minimum absolute atomic E-state index is 0.0123. The molecular weight excluding hydrogens is 622 g/mol. The molecule has 1 N–H and O–H groups in total. The summed E-state index contributed by atoms with van der Waals surface area (Å²) in [6.45, 7) is 5.67. The smallest absolute Gasteiger partial charge is 0.264 e. The van der Waals surface area contributed by atoms with Crippen molar-refractivity contribution in [2.24, 2.45) is 5.92 Å². The SMILES string of the molecule is COc1cccc(N(CC(=O)N(Cc2ccccc2Cl)[C@@H](Cc2ccccc2)C(=O)NCC(C)C)S(=O)(=O)c2ccc(C)cc2)c1. The Hall–Kier alpha value is -4.34. The van der Waals surface area contributed by atoms with E-state index in [-0.39, 0.29) is 35.4 Å². The number of rotatable bonds is 14. The average Bonchev–Trinajstić information content (AvgIpc) is 3.05. The third-order valence-electron chi connectivity index (χ3n) is 7.48. The largest absolute Gasteiger partial charge is 0.497 e. The van der Waals surface area contributed by atoms with E-state index in [2.05, 4.69) is 5.32 Å². The van der Waals surface area contributed by atoms with Crippen molar-refractivity contribution in [1.82, 2.24) is 10.2 Å². The van der Waals surface area contributed by atoms with E-state index in [1.165, 1.54) is 24.1 Å². The van der Waals surface area contributed by atoms with E-state index in [1.807, 2.05) is 51.1 Å². The molecule has 0 aliphatic carbocycles. The molecule has 0 fully saturated rings. The number of benzene rings is 4. The highest BCUT2D eigenvalue weighted by Gasteiger charge is 2.35. The summed E-state index contributed by atoms with van der Waals surface area (Å²) in [5.41, 5.74) is 2.61. The zero-order chi connectivity index (χ0) is 33.3. The van der Waals surface area contributed by atoms with Crippen LogP contribution < -0.4 is 14.4 Å². The molecule has 8 nitrogen and oxygen atoms in total. The lowest BCUT2D eigenvalue weighted by atomic mass is 10.0. The van der Waals surface area contributed by atoms with Crippen LogP contribution in [0.25, 0.3) is 0 Å². The summed E-state index contributed by atoms with van der Waals surface area (Å²) in [4.78, 5) is 29.9. The number of hydrogen-bond acceptors (Lipinski definition) is 5. The minimum Gasteiger partial charge on any atom is -0.497 e. The Morgan fingerprint density at radius 3 is 2.22 bits per heavy atom. The van der Waals surface area contributed by atoms with Gasteiger partial charge in [0.25, 0.3) is 10.0 Å². The molecule has 10 heteroatoms. The van der Waals surface area contributed by atoms with Gasteiger partial charge in [0.2, 0.25) is 11.8 Å². The molecule has 0 aliphatic rings. The molecule has 46 heavy (non-hydrogen) atoms. The zero-order valence-corrected chi connectivity index (χ0v) is 28.1. The number of ether oxygens (including phenoxy) is 1. The first-order valence-corrected chi connectivity index (χ1v) is 16.9. The number of anilines is 1. The summed E-state index contributed by atoms with van der Waals surface area (Å²) in [5, 5.41) is 3.41. The van der Waals surface area contributed by atoms with Crippen LogP contribution in [-0.2, 0) is 32.6 Å². The van der Waals surface area contributed by atoms with Crippen LogP contribution >= 0.6 is 11.6 Å². The van der Waals surface area contributed by atoms with Crippen molar-refractivity contribution in [2.75, 3.05) is 24.5 Å². The first-order valence-electron chi connectivity index (χ1n) is 15.1. The number of carbonyl (C=O) groups is 2. The standard InChI is InChI=1S/C36H40ClN3O5S/c1-26(2)23-38-36(42)34(21-28-11-6-5-7-12-28)39(24-29-13-8-9-16-33(29)37)35(41)25-40(30-14-10-15-31(22-30)45-4)46(43,44)32-19-17-27(3)18-20-32/h5-20,22,26,34H,21,23-25H2,1-4H3,(H,38,42)/t34-/m0/s1. The van der Waals surface area contributed by atoms with E-state index in [9.17, 15) is 18.0 Å². The Morgan fingerprint density at radius 2 is 1.57 bits per heavy atom. The number of amides is 2. The summed E-state index contributed by atoms with van der Waals surface area (Å²) in [6, 6.07) is 28.5. The Balaban J connectivity index is 1.82. The fraction of sp³-hybridized carbons (Fsp3) is 0.278. The minimum atomic E-state index is -4.23. The van der Waals surface area contributed by atoms with Crippen molar-refractivity contribution in [2.45, 2.75) is 44.7 Å². The van der Waals surface area contributed by atoms with Crippen molar-refractivity contribution in [1.29, 1.82) is 0 Å². The van der Waals surface area contributed by atoms with E-state index in [1.54, 1.807) is 60.7 Å². The number of carbonyl (C=O) groups excluding carboxylic acids is 2. The topological polar surface area (TPSA) is 96.0 Å². The number of hydrogen-bond donors (Lipinski definition) is 1. The molecule has 0 unspecified atom stereocenters. The third-order valence-corrected chi connectivity index (χ3v) is 9.64. The number of nitrogens with one attached hydrogen (secondary N) is 1. The second kappa shape index (κ2) is 15.8. The maximum atomic E-state index is 14.6. The molecule has 0 aliphatic heterocycles. The van der Waals surface area contributed by atoms with Gasteiger partial charge in [-0.1, -0.05) is 97.7 Å². The number of nitrogens with zero attached hydrogens (tertiary/aromatic N) is 2. The van der Waals surface area contributed by atoms with Crippen molar-refractivity contribution in [3.63, 3.8) is 0 Å². The van der Waals surface area contributed by atoms with Gasteiger partial charge in [-0.15, -0.1) is 0 Å². The Bertz CT molecular complexity index is 1730. The van der Waals surface area contributed by atoms with Gasteiger partial charge in [-0.2, -0.15) is 0 Å². The van der Waals surface area contributed by atoms with Crippen molar-refractivity contribution >= 4 is 39.1 Å². The summed E-state index contributed by atoms with van der Waals surface area (Å²) in [5.74, 6) is -0.305. The summed E-state index contributed by atoms with van der Waals surface area (Å²) in [6.07, 6.45) is 0.213. The average molecular weight is 662 g/mol. The molecule has 1 atom stereocenters. The van der Waals surface area contributed by atoms with Crippen molar-refractivity contribution < 1.29 is 22.7 Å². The maximum absolute atomic E-state index is 14.6. The van der Waals surface area contributed by atoms with E-state index in [4.69, 9.17) is 16.3 Å². The van der Waals surface area contributed by atoms with Gasteiger partial charge in [0, 0.05) is 30.6 Å². The van der Waals surface area contributed by atoms with E-state index >= 15 is 0 Å². The molecule has 0 heterocycles. The Kier molecular flexibility index (Phi) is 11.8. The lowest BCUT2D eigenvalue weighted by Crippen LogP contribution is -2.53. The normalized spacial score (nSPS) is 12.0. The molecule has 4 aromatic rings. The number of halogens is 1. The van der Waals surface area contributed by atoms with Crippen LogP contribution in [0, 0.1) is 12.8 Å². The summed E-state index contributed by atoms with van der Waals surface area (Å²) >= 11 is 6.56. The van der Waals surface area contributed by atoms with E-state index in [0.29, 0.717) is 22.9 Å². The van der Waals surface area contributed by atoms with Crippen LogP contribution in [-0.4, -0.2) is 51.4 Å². The van der Waals surface area contributed by atoms with Crippen LogP contribution in [0.1, 0.15) is 30.5 Å². The van der Waals surface area contributed by atoms with Gasteiger partial charge in [0.1, 0.15) is 18.3 Å². The lowest BCUT2D eigenvalue weighted by molar-refractivity contribution is -0.140. The predicted octanol–water partition coefficient (Wildman–Crippen LogP) is 6.26. The van der Waals surface area contributed by atoms with E-state index < -0.39 is 28.5 Å². The molecular formula is C36H40ClN3O5S. The number of methoxy groups -OCH3 is 1. The quantitative estimate of drug-likeness (QED) is 0.172. The number of sulfonamides is 1. The van der Waals surface area contributed by atoms with Crippen molar-refractivity contribution in [3.8, 4) is 5.75 Å². The molecule has 0 saturated heterocycles. The molecule has 4 rings (SSSR count). The zero-order valence-electron chi connectivity index (χ0n) is 26.5. The highest BCUT2D eigenvalue weighted by Crippen LogP contribution is 2.28. The Morgan fingerprint density at radius 1 is 0.891 bits per heavy atom. The van der Waals surface area contributed by atoms with Crippen LogP contribution in [0.3, 0.4) is 0 Å².